The molecule has 5 heteroatoms. The highest BCUT2D eigenvalue weighted by molar-refractivity contribution is 6.30. The van der Waals surface area contributed by atoms with Crippen LogP contribution in [0.5, 0.6) is 5.75 Å². The van der Waals surface area contributed by atoms with Gasteiger partial charge >= 0.3 is 0 Å². The van der Waals surface area contributed by atoms with E-state index in [4.69, 9.17) is 16.3 Å². The van der Waals surface area contributed by atoms with Crippen LogP contribution in [-0.2, 0) is 6.54 Å². The van der Waals surface area contributed by atoms with Gasteiger partial charge in [0.05, 0.1) is 7.11 Å². The van der Waals surface area contributed by atoms with Gasteiger partial charge in [0, 0.05) is 29.7 Å². The number of hydrogen-bond acceptors (Lipinski definition) is 2. The topological polar surface area (TPSA) is 45.7 Å². The third-order valence-electron chi connectivity index (χ3n) is 2.41. The minimum atomic E-state index is -0.0358. The Bertz CT molecular complexity index is 452. The molecule has 0 aliphatic carbocycles. The van der Waals surface area contributed by atoms with Crippen molar-refractivity contribution in [1.29, 1.82) is 0 Å². The first-order chi connectivity index (χ1) is 8.85. The molecule has 1 aromatic carbocycles. The second kappa shape index (κ2) is 6.66. The van der Waals surface area contributed by atoms with Crippen molar-refractivity contribution in [2.75, 3.05) is 14.2 Å². The van der Waals surface area contributed by atoms with E-state index < -0.39 is 0 Å². The van der Waals surface area contributed by atoms with E-state index >= 15 is 0 Å². The van der Waals surface area contributed by atoms with Crippen LogP contribution < -0.4 is 15.4 Å². The van der Waals surface area contributed by atoms with E-state index in [1.807, 2.05) is 12.1 Å². The summed E-state index contributed by atoms with van der Waals surface area (Å²) in [4.78, 5) is 4.19. The Morgan fingerprint density at radius 2 is 2.05 bits per heavy atom. The summed E-state index contributed by atoms with van der Waals surface area (Å²) < 4.78 is 5.31. The zero-order valence-electron chi connectivity index (χ0n) is 12.2. The summed E-state index contributed by atoms with van der Waals surface area (Å²) in [5.41, 5.74) is 0.995. The molecule has 0 fully saturated rings. The summed E-state index contributed by atoms with van der Waals surface area (Å²) in [5, 5.41) is 7.21. The second-order valence-corrected chi connectivity index (χ2v) is 5.69. The van der Waals surface area contributed by atoms with Crippen molar-refractivity contribution in [2.45, 2.75) is 32.9 Å². The standard InChI is InChI=1S/C14H22ClN3O/c1-14(2,3)18-13(16-4)17-9-10-6-7-11(15)8-12(10)19-5/h6-8H,9H2,1-5H3,(H2,16,17,18). The molecule has 0 aromatic heterocycles. The van der Waals surface area contributed by atoms with Crippen molar-refractivity contribution in [1.82, 2.24) is 10.6 Å². The minimum absolute atomic E-state index is 0.0358. The number of guanidine groups is 1. The van der Waals surface area contributed by atoms with Crippen LogP contribution in [-0.4, -0.2) is 25.7 Å². The van der Waals surface area contributed by atoms with Crippen molar-refractivity contribution in [2.24, 2.45) is 4.99 Å². The molecule has 1 rings (SSSR count). The second-order valence-electron chi connectivity index (χ2n) is 5.26. The van der Waals surface area contributed by atoms with Crippen LogP contribution >= 0.6 is 11.6 Å². The molecule has 0 bridgehead atoms. The maximum absolute atomic E-state index is 5.94. The van der Waals surface area contributed by atoms with E-state index in [1.54, 1.807) is 20.2 Å². The lowest BCUT2D eigenvalue weighted by molar-refractivity contribution is 0.409. The molecule has 0 unspecified atom stereocenters. The molecule has 1 aromatic rings. The van der Waals surface area contributed by atoms with Gasteiger partial charge in [0.1, 0.15) is 5.75 Å². The number of nitrogens with one attached hydrogen (secondary N) is 2. The summed E-state index contributed by atoms with van der Waals surface area (Å²) in [6.07, 6.45) is 0. The third kappa shape index (κ3) is 5.39. The highest BCUT2D eigenvalue weighted by Gasteiger charge is 2.12. The number of nitrogens with zero attached hydrogens (tertiary/aromatic N) is 1. The molecule has 2 N–H and O–H groups in total. The zero-order valence-corrected chi connectivity index (χ0v) is 12.9. The van der Waals surface area contributed by atoms with Gasteiger partial charge in [-0.2, -0.15) is 0 Å². The average Bonchev–Trinajstić information content (AvgIpc) is 2.34. The fourth-order valence-corrected chi connectivity index (χ4v) is 1.74. The summed E-state index contributed by atoms with van der Waals surface area (Å²) in [6, 6.07) is 5.60. The van der Waals surface area contributed by atoms with E-state index in [0.717, 1.165) is 17.3 Å². The molecular formula is C14H22ClN3O. The lowest BCUT2D eigenvalue weighted by Gasteiger charge is -2.24. The quantitative estimate of drug-likeness (QED) is 0.662. The van der Waals surface area contributed by atoms with Gasteiger partial charge in [-0.1, -0.05) is 17.7 Å². The molecule has 0 saturated carbocycles. The van der Waals surface area contributed by atoms with Gasteiger partial charge in [-0.3, -0.25) is 4.99 Å². The normalized spacial score (nSPS) is 12.2. The molecular weight excluding hydrogens is 262 g/mol. The number of methoxy groups -OCH3 is 1. The highest BCUT2D eigenvalue weighted by Crippen LogP contribution is 2.22. The number of ether oxygens (including phenoxy) is 1. The molecule has 0 amide bonds. The van der Waals surface area contributed by atoms with E-state index in [1.165, 1.54) is 0 Å². The van der Waals surface area contributed by atoms with Crippen molar-refractivity contribution in [3.63, 3.8) is 0 Å². The molecule has 0 aliphatic heterocycles. The Labute approximate surface area is 120 Å². The van der Waals surface area contributed by atoms with Crippen molar-refractivity contribution in [3.8, 4) is 5.75 Å². The van der Waals surface area contributed by atoms with Crippen LogP contribution in [0, 0.1) is 0 Å². The molecule has 106 valence electrons. The molecule has 0 saturated heterocycles. The summed E-state index contributed by atoms with van der Waals surface area (Å²) in [6.45, 7) is 6.88. The average molecular weight is 284 g/mol. The number of rotatable bonds is 3. The van der Waals surface area contributed by atoms with Crippen LogP contribution in [0.1, 0.15) is 26.3 Å². The third-order valence-corrected chi connectivity index (χ3v) is 2.65. The smallest absolute Gasteiger partial charge is 0.191 e. The van der Waals surface area contributed by atoms with Gasteiger partial charge in [0.15, 0.2) is 5.96 Å². The Balaban J connectivity index is 2.70. The van der Waals surface area contributed by atoms with E-state index in [9.17, 15) is 0 Å². The summed E-state index contributed by atoms with van der Waals surface area (Å²) >= 11 is 5.94. The van der Waals surface area contributed by atoms with Crippen molar-refractivity contribution in [3.05, 3.63) is 28.8 Å². The van der Waals surface area contributed by atoms with Crippen molar-refractivity contribution < 1.29 is 4.74 Å². The highest BCUT2D eigenvalue weighted by atomic mass is 35.5. The van der Waals surface area contributed by atoms with Crippen molar-refractivity contribution >= 4 is 17.6 Å². The predicted octanol–water partition coefficient (Wildman–Crippen LogP) is 2.81. The van der Waals surface area contributed by atoms with Gasteiger partial charge in [-0.15, -0.1) is 0 Å². The van der Waals surface area contributed by atoms with Gasteiger partial charge in [0.2, 0.25) is 0 Å². The van der Waals surface area contributed by atoms with Crippen LogP contribution in [0.15, 0.2) is 23.2 Å². The van der Waals surface area contributed by atoms with Crippen LogP contribution in [0.3, 0.4) is 0 Å². The Hall–Kier alpha value is -1.42. The molecule has 19 heavy (non-hydrogen) atoms. The number of benzene rings is 1. The van der Waals surface area contributed by atoms with E-state index in [2.05, 4.69) is 36.4 Å². The summed E-state index contributed by atoms with van der Waals surface area (Å²) in [5.74, 6) is 1.52. The van der Waals surface area contributed by atoms with Gasteiger partial charge in [-0.05, 0) is 32.9 Å². The molecule has 0 aliphatic rings. The Morgan fingerprint density at radius 1 is 1.37 bits per heavy atom. The maximum atomic E-state index is 5.94. The Morgan fingerprint density at radius 3 is 2.58 bits per heavy atom. The van der Waals surface area contributed by atoms with Gasteiger partial charge < -0.3 is 15.4 Å². The summed E-state index contributed by atoms with van der Waals surface area (Å²) in [7, 11) is 3.39. The first kappa shape index (κ1) is 15.6. The molecule has 0 heterocycles. The number of aliphatic imine (C=N–C) groups is 1. The molecule has 4 nitrogen and oxygen atoms in total. The fraction of sp³-hybridized carbons (Fsp3) is 0.500. The Kier molecular flexibility index (Phi) is 5.48. The monoisotopic (exact) mass is 283 g/mol. The lowest BCUT2D eigenvalue weighted by atomic mass is 10.1. The maximum Gasteiger partial charge on any atom is 0.191 e. The molecule has 0 radical (unpaired) electrons. The first-order valence-corrected chi connectivity index (χ1v) is 6.55. The predicted molar refractivity (Wildman–Crippen MR) is 81.1 cm³/mol. The number of halogens is 1. The minimum Gasteiger partial charge on any atom is -0.496 e. The van der Waals surface area contributed by atoms with Crippen LogP contribution in [0.2, 0.25) is 5.02 Å². The van der Waals surface area contributed by atoms with Crippen LogP contribution in [0.25, 0.3) is 0 Å². The zero-order chi connectivity index (χ0) is 14.5. The molecule has 0 spiro atoms. The van der Waals surface area contributed by atoms with E-state index in [-0.39, 0.29) is 5.54 Å². The SMILES string of the molecule is CN=C(NCc1ccc(Cl)cc1OC)NC(C)(C)C. The van der Waals surface area contributed by atoms with Gasteiger partial charge in [-0.25, -0.2) is 0 Å². The van der Waals surface area contributed by atoms with E-state index in [0.29, 0.717) is 11.6 Å². The largest absolute Gasteiger partial charge is 0.496 e. The van der Waals surface area contributed by atoms with Gasteiger partial charge in [0.25, 0.3) is 0 Å². The fourth-order valence-electron chi connectivity index (χ4n) is 1.58. The number of hydrogen-bond donors (Lipinski definition) is 2. The lowest BCUT2D eigenvalue weighted by Crippen LogP contribution is -2.47. The first-order valence-electron chi connectivity index (χ1n) is 6.17. The molecule has 0 atom stereocenters. The van der Waals surface area contributed by atoms with Crippen LogP contribution in [0.4, 0.5) is 0 Å².